The molecule has 0 saturated heterocycles. The Bertz CT molecular complexity index is 1460. The van der Waals surface area contributed by atoms with Gasteiger partial charge < -0.3 is 15.2 Å². The molecule has 0 unspecified atom stereocenters. The lowest BCUT2D eigenvalue weighted by Crippen LogP contribution is -2.14. The van der Waals surface area contributed by atoms with Crippen LogP contribution in [0.25, 0.3) is 28.2 Å². The van der Waals surface area contributed by atoms with Crippen molar-refractivity contribution in [3.63, 3.8) is 0 Å². The van der Waals surface area contributed by atoms with E-state index in [0.717, 1.165) is 5.75 Å². The minimum Gasteiger partial charge on any atom is -0.497 e. The van der Waals surface area contributed by atoms with Crippen molar-refractivity contribution < 1.29 is 9.47 Å². The van der Waals surface area contributed by atoms with Crippen molar-refractivity contribution >= 4 is 16.9 Å². The predicted molar refractivity (Wildman–Crippen MR) is 122 cm³/mol. The van der Waals surface area contributed by atoms with Crippen LogP contribution in [-0.2, 0) is 0 Å². The highest BCUT2D eigenvalue weighted by molar-refractivity contribution is 5.76. The molecule has 5 rings (SSSR count). The van der Waals surface area contributed by atoms with Gasteiger partial charge in [-0.05, 0) is 48.5 Å². The number of anilines is 1. The molecule has 0 amide bonds. The number of hydrogen-bond acceptors (Lipinski definition) is 6. The molecule has 0 spiro atoms. The standard InChI is InChI=1S/C24H19N5O3/c1-31-20-12-15(11-16(25)13-20)22-26-14-21-23(27-22)28-24(30)29(21)17-7-9-19(10-8-17)32-18-5-3-2-4-6-18/h2-14H,25H2,1H3,(H,26,27,28,30). The number of fused-ring (bicyclic) bond motifs is 1. The molecule has 5 aromatic rings. The third-order valence-electron chi connectivity index (χ3n) is 4.94. The summed E-state index contributed by atoms with van der Waals surface area (Å²) in [5, 5.41) is 0. The van der Waals surface area contributed by atoms with E-state index in [1.807, 2.05) is 54.6 Å². The number of hydrogen-bond donors (Lipinski definition) is 2. The summed E-state index contributed by atoms with van der Waals surface area (Å²) in [6, 6.07) is 22.0. The van der Waals surface area contributed by atoms with Crippen molar-refractivity contribution in [1.82, 2.24) is 19.5 Å². The predicted octanol–water partition coefficient (Wildman–Crippen LogP) is 4.16. The largest absolute Gasteiger partial charge is 0.497 e. The molecular formula is C24H19N5O3. The molecule has 32 heavy (non-hydrogen) atoms. The number of nitrogens with one attached hydrogen (secondary N) is 1. The van der Waals surface area contributed by atoms with Gasteiger partial charge in [-0.25, -0.2) is 14.8 Å². The van der Waals surface area contributed by atoms with Crippen LogP contribution in [0.2, 0.25) is 0 Å². The Kier molecular flexibility index (Phi) is 4.79. The Labute approximate surface area is 182 Å². The number of ether oxygens (including phenoxy) is 2. The van der Waals surface area contributed by atoms with Crippen LogP contribution in [0.5, 0.6) is 17.2 Å². The molecule has 0 aliphatic carbocycles. The van der Waals surface area contributed by atoms with Gasteiger partial charge in [-0.3, -0.25) is 9.55 Å². The summed E-state index contributed by atoms with van der Waals surface area (Å²) >= 11 is 0. The molecule has 2 heterocycles. The third kappa shape index (κ3) is 3.65. The number of benzene rings is 3. The molecular weight excluding hydrogens is 406 g/mol. The molecule has 2 aromatic heterocycles. The number of rotatable bonds is 5. The van der Waals surface area contributed by atoms with Gasteiger partial charge in [-0.2, -0.15) is 0 Å². The Morgan fingerprint density at radius 2 is 1.69 bits per heavy atom. The van der Waals surface area contributed by atoms with Crippen LogP contribution in [0.4, 0.5) is 5.69 Å². The topological polar surface area (TPSA) is 108 Å². The van der Waals surface area contributed by atoms with Gasteiger partial charge in [0.1, 0.15) is 22.8 Å². The zero-order valence-electron chi connectivity index (χ0n) is 17.1. The third-order valence-corrected chi connectivity index (χ3v) is 4.94. The summed E-state index contributed by atoms with van der Waals surface area (Å²) in [6.07, 6.45) is 1.61. The Morgan fingerprint density at radius 3 is 2.44 bits per heavy atom. The number of nitrogens with zero attached hydrogens (tertiary/aromatic N) is 3. The van der Waals surface area contributed by atoms with Crippen molar-refractivity contribution in [2.45, 2.75) is 0 Å². The first-order valence-electron chi connectivity index (χ1n) is 9.87. The van der Waals surface area contributed by atoms with Gasteiger partial charge >= 0.3 is 5.69 Å². The first kappa shape index (κ1) is 19.4. The molecule has 0 atom stereocenters. The summed E-state index contributed by atoms with van der Waals surface area (Å²) in [7, 11) is 1.57. The lowest BCUT2D eigenvalue weighted by atomic mass is 10.1. The second-order valence-electron chi connectivity index (χ2n) is 7.10. The molecule has 8 nitrogen and oxygen atoms in total. The summed E-state index contributed by atoms with van der Waals surface area (Å²) in [4.78, 5) is 24.4. The van der Waals surface area contributed by atoms with Crippen LogP contribution in [0.3, 0.4) is 0 Å². The highest BCUT2D eigenvalue weighted by Gasteiger charge is 2.13. The van der Waals surface area contributed by atoms with Gasteiger partial charge in [0.25, 0.3) is 0 Å². The number of nitrogens with two attached hydrogens (primary N) is 1. The van der Waals surface area contributed by atoms with E-state index in [4.69, 9.17) is 15.2 Å². The monoisotopic (exact) mass is 425 g/mol. The van der Waals surface area contributed by atoms with E-state index in [0.29, 0.717) is 45.4 Å². The van der Waals surface area contributed by atoms with Crippen molar-refractivity contribution in [2.75, 3.05) is 12.8 Å². The van der Waals surface area contributed by atoms with Crippen LogP contribution in [0.1, 0.15) is 0 Å². The van der Waals surface area contributed by atoms with E-state index < -0.39 is 0 Å². The number of H-pyrrole nitrogens is 1. The van der Waals surface area contributed by atoms with E-state index >= 15 is 0 Å². The lowest BCUT2D eigenvalue weighted by molar-refractivity contribution is 0.415. The molecule has 3 N–H and O–H groups in total. The quantitative estimate of drug-likeness (QED) is 0.410. The van der Waals surface area contributed by atoms with Gasteiger partial charge in [0, 0.05) is 17.3 Å². The summed E-state index contributed by atoms with van der Waals surface area (Å²) in [6.45, 7) is 0. The minimum atomic E-state index is -0.312. The second-order valence-corrected chi connectivity index (χ2v) is 7.10. The highest BCUT2D eigenvalue weighted by atomic mass is 16.5. The lowest BCUT2D eigenvalue weighted by Gasteiger charge is -2.08. The number of nitrogen functional groups attached to an aromatic ring is 1. The number of aromatic amines is 1. The molecule has 0 radical (unpaired) electrons. The van der Waals surface area contributed by atoms with E-state index in [1.165, 1.54) is 4.57 Å². The average molecular weight is 425 g/mol. The molecule has 0 fully saturated rings. The van der Waals surface area contributed by atoms with Gasteiger partial charge in [0.05, 0.1) is 19.0 Å². The van der Waals surface area contributed by atoms with E-state index in [2.05, 4.69) is 15.0 Å². The Hall–Kier alpha value is -4.59. The van der Waals surface area contributed by atoms with Crippen molar-refractivity contribution in [2.24, 2.45) is 0 Å². The molecule has 0 aliphatic heterocycles. The maximum atomic E-state index is 12.7. The SMILES string of the molecule is COc1cc(N)cc(-c2ncc3c(n2)[nH]c(=O)n3-c2ccc(Oc3ccccc3)cc2)c1. The van der Waals surface area contributed by atoms with Crippen LogP contribution in [0, 0.1) is 0 Å². The van der Waals surface area contributed by atoms with E-state index in [1.54, 1.807) is 31.5 Å². The fourth-order valence-electron chi connectivity index (χ4n) is 3.45. The van der Waals surface area contributed by atoms with Crippen LogP contribution < -0.4 is 20.9 Å². The zero-order chi connectivity index (χ0) is 22.1. The van der Waals surface area contributed by atoms with Gasteiger partial charge in [-0.1, -0.05) is 18.2 Å². The van der Waals surface area contributed by atoms with Gasteiger partial charge in [0.15, 0.2) is 11.5 Å². The molecule has 0 saturated carbocycles. The fourth-order valence-corrected chi connectivity index (χ4v) is 3.45. The normalized spacial score (nSPS) is 10.9. The number of aromatic nitrogens is 4. The first-order valence-corrected chi connectivity index (χ1v) is 9.87. The molecule has 3 aromatic carbocycles. The maximum absolute atomic E-state index is 12.7. The van der Waals surface area contributed by atoms with E-state index in [-0.39, 0.29) is 5.69 Å². The first-order chi connectivity index (χ1) is 15.6. The van der Waals surface area contributed by atoms with Gasteiger partial charge in [-0.15, -0.1) is 0 Å². The molecule has 0 aliphatic rings. The smallest absolute Gasteiger partial charge is 0.332 e. The number of para-hydroxylation sites is 1. The van der Waals surface area contributed by atoms with Crippen LogP contribution in [-0.4, -0.2) is 26.6 Å². The van der Waals surface area contributed by atoms with Crippen LogP contribution >= 0.6 is 0 Å². The summed E-state index contributed by atoms with van der Waals surface area (Å²) in [5.74, 6) is 2.45. The summed E-state index contributed by atoms with van der Waals surface area (Å²) in [5.41, 5.74) is 8.51. The maximum Gasteiger partial charge on any atom is 0.332 e. The van der Waals surface area contributed by atoms with Crippen LogP contribution in [0.15, 0.2) is 83.8 Å². The van der Waals surface area contributed by atoms with Crippen molar-refractivity contribution in [3.05, 3.63) is 89.5 Å². The summed E-state index contributed by atoms with van der Waals surface area (Å²) < 4.78 is 12.6. The highest BCUT2D eigenvalue weighted by Crippen LogP contribution is 2.27. The molecule has 158 valence electrons. The van der Waals surface area contributed by atoms with Gasteiger partial charge in [0.2, 0.25) is 0 Å². The zero-order valence-corrected chi connectivity index (χ0v) is 17.1. The van der Waals surface area contributed by atoms with Crippen molar-refractivity contribution in [3.8, 4) is 34.3 Å². The fraction of sp³-hybridized carbons (Fsp3) is 0.0417. The average Bonchev–Trinajstić information content (AvgIpc) is 3.14. The molecule has 8 heteroatoms. The Morgan fingerprint density at radius 1 is 0.938 bits per heavy atom. The second kappa shape index (κ2) is 7.92. The minimum absolute atomic E-state index is 0.312. The Balaban J connectivity index is 1.50. The van der Waals surface area contributed by atoms with Crippen molar-refractivity contribution in [1.29, 1.82) is 0 Å². The van der Waals surface area contributed by atoms with E-state index in [9.17, 15) is 4.79 Å². The number of imidazole rings is 1. The number of methoxy groups -OCH3 is 1. The molecule has 0 bridgehead atoms.